The number of methoxy groups -OCH3 is 1. The van der Waals surface area contributed by atoms with Crippen LogP contribution in [0, 0.1) is 6.92 Å². The quantitative estimate of drug-likeness (QED) is 0.249. The minimum atomic E-state index is -0.846. The van der Waals surface area contributed by atoms with Gasteiger partial charge >= 0.3 is 0 Å². The van der Waals surface area contributed by atoms with Gasteiger partial charge in [0.05, 0.1) is 18.7 Å². The molecule has 1 fully saturated rings. The highest BCUT2D eigenvalue weighted by atomic mass is 16.5. The van der Waals surface area contributed by atoms with Gasteiger partial charge in [0.2, 0.25) is 0 Å². The number of nitrogens with zero attached hydrogens (tertiary/aromatic N) is 2. The van der Waals surface area contributed by atoms with Crippen LogP contribution in [0.4, 0.5) is 0 Å². The number of hydrogen-bond donors (Lipinski definition) is 2. The van der Waals surface area contributed by atoms with Gasteiger partial charge in [-0.05, 0) is 74.1 Å². The Balaban J connectivity index is 1.68. The number of aromatic hydroxyl groups is 1. The number of aliphatic hydroxyl groups is 1. The fourth-order valence-corrected chi connectivity index (χ4v) is 4.43. The average molecular weight is 517 g/mol. The molecular weight excluding hydrogens is 484 g/mol. The van der Waals surface area contributed by atoms with Gasteiger partial charge in [0, 0.05) is 18.7 Å². The SMILES string of the molecule is COc1cc([C@@H]2C(=C(O)c3ccc(OCc4ccccc4C)cc3)C(=O)C(=O)N2CCN(C)C)ccc1O. The van der Waals surface area contributed by atoms with Gasteiger partial charge in [-0.15, -0.1) is 0 Å². The first-order valence-corrected chi connectivity index (χ1v) is 12.3. The molecule has 0 radical (unpaired) electrons. The molecule has 1 atom stereocenters. The summed E-state index contributed by atoms with van der Waals surface area (Å²) in [4.78, 5) is 29.6. The number of aliphatic hydroxyl groups excluding tert-OH is 1. The minimum Gasteiger partial charge on any atom is -0.507 e. The standard InChI is InChI=1S/C30H32N2O6/c1-19-7-5-6-8-22(19)18-38-23-12-9-20(10-13-23)28(34)26-27(21-11-14-24(33)25(17-21)37-4)32(16-15-31(2)3)30(36)29(26)35/h5-14,17,27,33-34H,15-16,18H2,1-4H3/t27-/m1/s1. The highest BCUT2D eigenvalue weighted by Crippen LogP contribution is 2.41. The molecule has 0 bridgehead atoms. The summed E-state index contributed by atoms with van der Waals surface area (Å²) in [5.41, 5.74) is 3.11. The summed E-state index contributed by atoms with van der Waals surface area (Å²) in [5, 5.41) is 21.4. The first kappa shape index (κ1) is 26.8. The third-order valence-electron chi connectivity index (χ3n) is 6.63. The predicted molar refractivity (Wildman–Crippen MR) is 144 cm³/mol. The van der Waals surface area contributed by atoms with Crippen LogP contribution in [0.15, 0.2) is 72.3 Å². The van der Waals surface area contributed by atoms with Crippen LogP contribution >= 0.6 is 0 Å². The molecule has 198 valence electrons. The van der Waals surface area contributed by atoms with Crippen LogP contribution in [-0.2, 0) is 16.2 Å². The number of amides is 1. The average Bonchev–Trinajstić information content (AvgIpc) is 3.16. The maximum atomic E-state index is 13.2. The second-order valence-electron chi connectivity index (χ2n) is 9.47. The summed E-state index contributed by atoms with van der Waals surface area (Å²) in [7, 11) is 5.17. The van der Waals surface area contributed by atoms with Crippen molar-refractivity contribution < 1.29 is 29.3 Å². The highest BCUT2D eigenvalue weighted by molar-refractivity contribution is 6.46. The lowest BCUT2D eigenvalue weighted by Crippen LogP contribution is -2.35. The Morgan fingerprint density at radius 1 is 1.03 bits per heavy atom. The van der Waals surface area contributed by atoms with Gasteiger partial charge < -0.3 is 29.5 Å². The summed E-state index contributed by atoms with van der Waals surface area (Å²) >= 11 is 0. The van der Waals surface area contributed by atoms with E-state index in [4.69, 9.17) is 9.47 Å². The monoisotopic (exact) mass is 516 g/mol. The topological polar surface area (TPSA) is 99.5 Å². The van der Waals surface area contributed by atoms with Crippen LogP contribution in [0.5, 0.6) is 17.2 Å². The molecule has 38 heavy (non-hydrogen) atoms. The zero-order valence-corrected chi connectivity index (χ0v) is 22.0. The van der Waals surface area contributed by atoms with Crippen molar-refractivity contribution in [2.24, 2.45) is 0 Å². The molecule has 1 aliphatic heterocycles. The molecule has 1 heterocycles. The number of carbonyl (C=O) groups excluding carboxylic acids is 2. The van der Waals surface area contributed by atoms with Gasteiger partial charge in [-0.2, -0.15) is 0 Å². The molecule has 0 saturated carbocycles. The van der Waals surface area contributed by atoms with E-state index in [9.17, 15) is 19.8 Å². The van der Waals surface area contributed by atoms with Crippen LogP contribution in [0.25, 0.3) is 5.76 Å². The van der Waals surface area contributed by atoms with Crippen LogP contribution in [0.1, 0.15) is 28.3 Å². The lowest BCUT2D eigenvalue weighted by Gasteiger charge is -2.27. The molecular formula is C30H32N2O6. The maximum Gasteiger partial charge on any atom is 0.295 e. The largest absolute Gasteiger partial charge is 0.507 e. The Bertz CT molecular complexity index is 1360. The van der Waals surface area contributed by atoms with Crippen molar-refractivity contribution in [1.82, 2.24) is 9.80 Å². The molecule has 0 aliphatic carbocycles. The smallest absolute Gasteiger partial charge is 0.295 e. The number of aryl methyl sites for hydroxylation is 1. The fraction of sp³-hybridized carbons (Fsp3) is 0.267. The highest BCUT2D eigenvalue weighted by Gasteiger charge is 2.46. The Morgan fingerprint density at radius 2 is 1.74 bits per heavy atom. The van der Waals surface area contributed by atoms with E-state index in [0.29, 0.717) is 30.0 Å². The second-order valence-corrected chi connectivity index (χ2v) is 9.47. The van der Waals surface area contributed by atoms with Crippen molar-refractivity contribution in [1.29, 1.82) is 0 Å². The summed E-state index contributed by atoms with van der Waals surface area (Å²) in [5.74, 6) is -0.991. The van der Waals surface area contributed by atoms with Crippen molar-refractivity contribution in [2.75, 3.05) is 34.3 Å². The number of ether oxygens (including phenoxy) is 2. The normalized spacial score (nSPS) is 16.8. The number of phenols is 1. The predicted octanol–water partition coefficient (Wildman–Crippen LogP) is 4.27. The number of ketones is 1. The van der Waals surface area contributed by atoms with E-state index in [1.807, 2.05) is 50.2 Å². The van der Waals surface area contributed by atoms with Crippen LogP contribution in [0.3, 0.4) is 0 Å². The molecule has 1 amide bonds. The van der Waals surface area contributed by atoms with Gasteiger partial charge in [0.1, 0.15) is 18.1 Å². The number of hydrogen-bond acceptors (Lipinski definition) is 7. The number of carbonyl (C=O) groups is 2. The van der Waals surface area contributed by atoms with E-state index in [1.54, 1.807) is 36.4 Å². The number of phenolic OH excluding ortho intramolecular Hbond substituents is 1. The lowest BCUT2D eigenvalue weighted by atomic mass is 9.95. The summed E-state index contributed by atoms with van der Waals surface area (Å²) < 4.78 is 11.1. The molecule has 1 aliphatic rings. The second kappa shape index (κ2) is 11.4. The molecule has 3 aromatic rings. The van der Waals surface area contributed by atoms with Crippen molar-refractivity contribution in [3.8, 4) is 17.2 Å². The van der Waals surface area contributed by atoms with E-state index >= 15 is 0 Å². The van der Waals surface area contributed by atoms with E-state index < -0.39 is 17.7 Å². The molecule has 0 unspecified atom stereocenters. The van der Waals surface area contributed by atoms with Crippen molar-refractivity contribution in [3.05, 3.63) is 94.6 Å². The molecule has 4 rings (SSSR count). The van der Waals surface area contributed by atoms with Gasteiger partial charge in [-0.1, -0.05) is 30.3 Å². The third-order valence-corrected chi connectivity index (χ3v) is 6.63. The molecule has 2 N–H and O–H groups in total. The van der Waals surface area contributed by atoms with Gasteiger partial charge in [0.15, 0.2) is 11.5 Å². The van der Waals surface area contributed by atoms with E-state index in [0.717, 1.165) is 11.1 Å². The Morgan fingerprint density at radius 3 is 2.39 bits per heavy atom. The lowest BCUT2D eigenvalue weighted by molar-refractivity contribution is -0.140. The number of Topliss-reactive ketones (excluding diaryl/α,β-unsaturated/α-hetero) is 1. The number of benzene rings is 3. The maximum absolute atomic E-state index is 13.2. The summed E-state index contributed by atoms with van der Waals surface area (Å²) in [6.07, 6.45) is 0. The molecule has 8 nitrogen and oxygen atoms in total. The van der Waals surface area contributed by atoms with Crippen LogP contribution in [0.2, 0.25) is 0 Å². The summed E-state index contributed by atoms with van der Waals surface area (Å²) in [6, 6.07) is 18.5. The number of likely N-dealkylation sites (tertiary alicyclic amines) is 1. The van der Waals surface area contributed by atoms with Crippen molar-refractivity contribution in [2.45, 2.75) is 19.6 Å². The van der Waals surface area contributed by atoms with Gasteiger partial charge in [0.25, 0.3) is 11.7 Å². The minimum absolute atomic E-state index is 0.0184. The molecule has 3 aromatic carbocycles. The summed E-state index contributed by atoms with van der Waals surface area (Å²) in [6.45, 7) is 3.21. The van der Waals surface area contributed by atoms with Gasteiger partial charge in [-0.25, -0.2) is 0 Å². The molecule has 0 spiro atoms. The van der Waals surface area contributed by atoms with Crippen LogP contribution < -0.4 is 9.47 Å². The molecule has 0 aromatic heterocycles. The van der Waals surface area contributed by atoms with E-state index in [-0.39, 0.29) is 29.4 Å². The van der Waals surface area contributed by atoms with E-state index in [2.05, 4.69) is 0 Å². The van der Waals surface area contributed by atoms with Crippen molar-refractivity contribution >= 4 is 17.4 Å². The first-order valence-electron chi connectivity index (χ1n) is 12.3. The van der Waals surface area contributed by atoms with Gasteiger partial charge in [-0.3, -0.25) is 9.59 Å². The zero-order chi connectivity index (χ0) is 27.4. The van der Waals surface area contributed by atoms with Crippen LogP contribution in [-0.4, -0.2) is 66.0 Å². The number of rotatable bonds is 9. The Labute approximate surface area is 222 Å². The van der Waals surface area contributed by atoms with Crippen molar-refractivity contribution in [3.63, 3.8) is 0 Å². The first-order chi connectivity index (χ1) is 18.2. The Hall–Kier alpha value is -4.30. The third kappa shape index (κ3) is 5.50. The number of likely N-dealkylation sites (N-methyl/N-ethyl adjacent to an activating group) is 1. The molecule has 8 heteroatoms. The molecule has 1 saturated heterocycles. The Kier molecular flexibility index (Phi) is 8.02. The zero-order valence-electron chi connectivity index (χ0n) is 22.0. The van der Waals surface area contributed by atoms with E-state index in [1.165, 1.54) is 18.1 Å². The fourth-order valence-electron chi connectivity index (χ4n) is 4.43.